The second-order valence-corrected chi connectivity index (χ2v) is 9.58. The van der Waals surface area contributed by atoms with Gasteiger partial charge in [-0.15, -0.1) is 0 Å². The van der Waals surface area contributed by atoms with Gasteiger partial charge in [0.1, 0.15) is 12.2 Å². The first-order valence-electron chi connectivity index (χ1n) is 10.9. The number of carbonyl (C=O) groups is 2. The van der Waals surface area contributed by atoms with Crippen LogP contribution in [0.15, 0.2) is 23.8 Å². The Bertz CT molecular complexity index is 830. The van der Waals surface area contributed by atoms with Gasteiger partial charge in [0.2, 0.25) is 0 Å². The number of ketones is 2. The molecule has 4 rings (SSSR count). The van der Waals surface area contributed by atoms with E-state index >= 15 is 0 Å². The van der Waals surface area contributed by atoms with E-state index in [0.717, 1.165) is 12.0 Å². The van der Waals surface area contributed by atoms with Crippen LogP contribution in [0.3, 0.4) is 0 Å². The fourth-order valence-corrected chi connectivity index (χ4v) is 7.22. The smallest absolute Gasteiger partial charge is 0.190 e. The van der Waals surface area contributed by atoms with E-state index in [0.29, 0.717) is 6.42 Å². The van der Waals surface area contributed by atoms with E-state index in [1.807, 2.05) is 6.08 Å². The molecule has 27 heavy (non-hydrogen) atoms. The summed E-state index contributed by atoms with van der Waals surface area (Å²) >= 11 is 0. The summed E-state index contributed by atoms with van der Waals surface area (Å²) in [5.41, 5.74) is -2.47. The van der Waals surface area contributed by atoms with Gasteiger partial charge < -0.3 is 15.3 Å². The van der Waals surface area contributed by atoms with E-state index in [2.05, 4.69) is 13.8 Å². The maximum atomic E-state index is 12.7. The summed E-state index contributed by atoms with van der Waals surface area (Å²) in [7, 11) is 0. The number of hydrogen-bond donors (Lipinski definition) is 3. The Labute approximate surface area is 163 Å². The minimum Gasteiger partial charge on any atom is -0.393 e. The minimum absolute atomic E-state index is 0.0186. The van der Waals surface area contributed by atoms with Crippen LogP contribution in [0.2, 0.25) is 0 Å². The molecule has 4 aliphatic rings. The highest BCUT2D eigenvalue weighted by molar-refractivity contribution is 6.01. The van der Waals surface area contributed by atoms with E-state index in [1.54, 1.807) is 19.1 Å². The highest BCUT2D eigenvalue weighted by atomic mass is 16.3. The molecule has 5 heteroatoms. The molecule has 3 fully saturated rings. The normalized spacial score (nSPS) is 52.9. The van der Waals surface area contributed by atoms with Crippen LogP contribution in [0.1, 0.15) is 49.2 Å². The van der Waals surface area contributed by atoms with Gasteiger partial charge >= 0.3 is 0 Å². The first kappa shape index (κ1) is 16.6. The summed E-state index contributed by atoms with van der Waals surface area (Å²) in [6.45, 7) is 2.76. The van der Waals surface area contributed by atoms with E-state index < -0.39 is 34.9 Å². The second kappa shape index (κ2) is 5.85. The maximum absolute atomic E-state index is 12.7. The molecule has 0 aromatic rings. The Morgan fingerprint density at radius 2 is 2.11 bits per heavy atom. The van der Waals surface area contributed by atoms with Crippen LogP contribution >= 0.6 is 0 Å². The van der Waals surface area contributed by atoms with Gasteiger partial charge in [0.15, 0.2) is 11.6 Å². The van der Waals surface area contributed by atoms with E-state index in [4.69, 9.17) is 2.74 Å². The molecule has 0 aliphatic heterocycles. The molecule has 0 aromatic carbocycles. The average molecular weight is 376 g/mol. The molecule has 0 heterocycles. The number of rotatable bonds is 2. The number of aliphatic hydroxyl groups is 3. The van der Waals surface area contributed by atoms with Crippen molar-refractivity contribution in [3.05, 3.63) is 23.8 Å². The molecule has 4 aliphatic carbocycles. The van der Waals surface area contributed by atoms with Gasteiger partial charge in [-0.25, -0.2) is 0 Å². The third-order valence-corrected chi connectivity index (χ3v) is 8.45. The molecule has 8 atom stereocenters. The fraction of sp³-hybridized carbons (Fsp3) is 0.727. The van der Waals surface area contributed by atoms with Crippen molar-refractivity contribution in [2.75, 3.05) is 6.56 Å². The Balaban J connectivity index is 1.77. The Kier molecular flexibility index (Phi) is 3.60. The highest BCUT2D eigenvalue weighted by Gasteiger charge is 2.68. The van der Waals surface area contributed by atoms with Crippen LogP contribution in [-0.4, -0.2) is 45.2 Å². The summed E-state index contributed by atoms with van der Waals surface area (Å²) < 4.78 is 14.9. The van der Waals surface area contributed by atoms with Crippen molar-refractivity contribution in [3.8, 4) is 0 Å². The minimum atomic E-state index is -3.12. The van der Waals surface area contributed by atoms with Crippen LogP contribution in [0.4, 0.5) is 0 Å². The molecule has 0 saturated heterocycles. The Hall–Kier alpha value is -1.30. The number of Topliss-reactive ketones (excluding diaryl/α,β-unsaturated/α-hetero) is 1. The van der Waals surface area contributed by atoms with Crippen molar-refractivity contribution in [2.24, 2.45) is 34.5 Å². The molecule has 5 nitrogen and oxygen atoms in total. The van der Waals surface area contributed by atoms with Gasteiger partial charge in [0.25, 0.3) is 0 Å². The summed E-state index contributed by atoms with van der Waals surface area (Å²) in [4.78, 5) is 24.7. The van der Waals surface area contributed by atoms with Crippen molar-refractivity contribution >= 4 is 11.6 Å². The monoisotopic (exact) mass is 376 g/mol. The largest absolute Gasteiger partial charge is 0.393 e. The first-order chi connectivity index (χ1) is 13.3. The molecule has 3 N–H and O–H groups in total. The van der Waals surface area contributed by atoms with Crippen LogP contribution in [0.25, 0.3) is 0 Å². The number of carbonyl (C=O) groups excluding carboxylic acids is 2. The lowest BCUT2D eigenvalue weighted by Crippen LogP contribution is -2.62. The van der Waals surface area contributed by atoms with E-state index in [9.17, 15) is 24.9 Å². The van der Waals surface area contributed by atoms with Crippen molar-refractivity contribution < 1.29 is 27.7 Å². The third-order valence-electron chi connectivity index (χ3n) is 8.45. The zero-order chi connectivity index (χ0) is 21.6. The summed E-state index contributed by atoms with van der Waals surface area (Å²) in [6, 6.07) is 0. The van der Waals surface area contributed by atoms with Gasteiger partial charge in [-0.05, 0) is 55.6 Å². The summed E-state index contributed by atoms with van der Waals surface area (Å²) in [5.74, 6) is -1.33. The summed E-state index contributed by atoms with van der Waals surface area (Å²) in [5, 5.41) is 32.3. The maximum Gasteiger partial charge on any atom is 0.190 e. The van der Waals surface area contributed by atoms with Crippen LogP contribution in [0, 0.1) is 34.5 Å². The van der Waals surface area contributed by atoms with Crippen LogP contribution in [-0.2, 0) is 9.59 Å². The van der Waals surface area contributed by atoms with Crippen LogP contribution < -0.4 is 0 Å². The van der Waals surface area contributed by atoms with Gasteiger partial charge in [-0.1, -0.05) is 32.4 Å². The van der Waals surface area contributed by atoms with Crippen LogP contribution in [0.5, 0.6) is 0 Å². The van der Waals surface area contributed by atoms with Crippen molar-refractivity contribution in [2.45, 2.75) is 58.2 Å². The lowest BCUT2D eigenvalue weighted by Gasteiger charge is -2.60. The molecular formula is C22H30O5. The molecule has 148 valence electrons. The first-order valence-corrected chi connectivity index (χ1v) is 9.89. The molecule has 3 saturated carbocycles. The van der Waals surface area contributed by atoms with Crippen molar-refractivity contribution in [1.29, 1.82) is 0 Å². The van der Waals surface area contributed by atoms with Crippen molar-refractivity contribution in [3.63, 3.8) is 0 Å². The van der Waals surface area contributed by atoms with Gasteiger partial charge in [0.05, 0.1) is 8.85 Å². The molecule has 0 spiro atoms. The Morgan fingerprint density at radius 1 is 1.41 bits per heavy atom. The molecular weight excluding hydrogens is 344 g/mol. The second-order valence-electron chi connectivity index (χ2n) is 9.58. The number of hydrogen-bond acceptors (Lipinski definition) is 5. The molecule has 0 aromatic heterocycles. The molecule has 0 radical (unpaired) electrons. The highest BCUT2D eigenvalue weighted by Crippen LogP contribution is 2.67. The standard InChI is InChI=1S/C22H30O5/c1-12-8-14-15-5-7-22(27,18(26)11-23)21(15,3)10-17(25)19(14)20(2)6-4-13(24)9-16(12)20/h4,6,9,12,14-15,17,19,23,25,27H,5,7-8,10-11H2,1-3H3/t12-,14-,15-,17-,19+,20-,21-,22-/m0/s1/i11D2. The number of fused-ring (bicyclic) bond motifs is 5. The topological polar surface area (TPSA) is 94.8 Å². The van der Waals surface area contributed by atoms with E-state index in [1.165, 1.54) is 0 Å². The quantitative estimate of drug-likeness (QED) is 0.683. The lowest BCUT2D eigenvalue weighted by atomic mass is 9.45. The summed E-state index contributed by atoms with van der Waals surface area (Å²) in [6.07, 6.45) is 5.84. The fourth-order valence-electron chi connectivity index (χ4n) is 7.22. The van der Waals surface area contributed by atoms with E-state index in [-0.39, 0.29) is 42.3 Å². The Morgan fingerprint density at radius 3 is 2.78 bits per heavy atom. The number of aliphatic hydroxyl groups excluding tert-OH is 1. The third kappa shape index (κ3) is 2.28. The van der Waals surface area contributed by atoms with Gasteiger partial charge in [-0.2, -0.15) is 0 Å². The van der Waals surface area contributed by atoms with Gasteiger partial charge in [-0.3, -0.25) is 9.59 Å². The van der Waals surface area contributed by atoms with Crippen molar-refractivity contribution in [1.82, 2.24) is 0 Å². The predicted molar refractivity (Wildman–Crippen MR) is 99.6 cm³/mol. The molecule has 0 amide bonds. The number of allylic oxidation sites excluding steroid dienone is 4. The average Bonchev–Trinajstić information content (AvgIpc) is 2.86. The molecule has 0 bridgehead atoms. The SMILES string of the molecule is [2H]C([2H])(O)C(=O)[C@@]1(O)CC[C@H]2[C@@H]3C[C@H](C)C4=CC(=O)C=C[C@]4(C)[C@H]3[C@@H](O)C[C@@]21C. The van der Waals surface area contributed by atoms with Gasteiger partial charge in [0, 0.05) is 16.7 Å². The predicted octanol–water partition coefficient (Wildman–Crippen LogP) is 1.80. The zero-order valence-electron chi connectivity index (χ0n) is 18.1. The zero-order valence-corrected chi connectivity index (χ0v) is 16.1. The molecule has 0 unspecified atom stereocenters. The lowest BCUT2D eigenvalue weighted by molar-refractivity contribution is -0.180.